The highest BCUT2D eigenvalue weighted by Gasteiger charge is 2.05. The lowest BCUT2D eigenvalue weighted by Gasteiger charge is -2.05. The molecule has 0 saturated heterocycles. The molecular weight excluding hydrogens is 248 g/mol. The smallest absolute Gasteiger partial charge is 0.221 e. The van der Waals surface area contributed by atoms with Gasteiger partial charge in [0.1, 0.15) is 0 Å². The average Bonchev–Trinajstić information content (AvgIpc) is 2.47. The van der Waals surface area contributed by atoms with Gasteiger partial charge in [-0.05, 0) is 18.6 Å². The molecule has 20 heavy (non-hydrogen) atoms. The van der Waals surface area contributed by atoms with Crippen LogP contribution in [0, 0.1) is 0 Å². The van der Waals surface area contributed by atoms with Gasteiger partial charge in [-0.2, -0.15) is 0 Å². The number of rotatable bonds is 4. The minimum absolute atomic E-state index is 0.252. The molecule has 4 heteroatoms. The molecule has 100 valence electrons. The van der Waals surface area contributed by atoms with E-state index >= 15 is 0 Å². The highest BCUT2D eigenvalue weighted by atomic mass is 15.0. The van der Waals surface area contributed by atoms with Crippen LogP contribution in [0.3, 0.4) is 0 Å². The average molecular weight is 264 g/mol. The van der Waals surface area contributed by atoms with Gasteiger partial charge in [0, 0.05) is 18.0 Å². The van der Waals surface area contributed by atoms with Crippen molar-refractivity contribution in [3.63, 3.8) is 0 Å². The number of hydrogen-bond donors (Lipinski definition) is 1. The van der Waals surface area contributed by atoms with Crippen molar-refractivity contribution in [3.8, 4) is 11.3 Å². The molecule has 0 aliphatic heterocycles. The van der Waals surface area contributed by atoms with E-state index in [1.807, 2.05) is 43.3 Å². The van der Waals surface area contributed by atoms with E-state index in [0.29, 0.717) is 0 Å². The van der Waals surface area contributed by atoms with Crippen molar-refractivity contribution >= 4 is 17.7 Å². The number of anilines is 1. The zero-order valence-corrected chi connectivity index (χ0v) is 11.3. The van der Waals surface area contributed by atoms with Crippen LogP contribution >= 0.6 is 0 Å². The van der Waals surface area contributed by atoms with Gasteiger partial charge in [-0.3, -0.25) is 4.99 Å². The fourth-order valence-electron chi connectivity index (χ4n) is 1.71. The minimum Gasteiger partial charge on any atom is -0.368 e. The Bertz CT molecular complexity index is 657. The van der Waals surface area contributed by atoms with Crippen LogP contribution in [-0.4, -0.2) is 16.2 Å². The molecule has 1 aromatic carbocycles. The van der Waals surface area contributed by atoms with Gasteiger partial charge in [0.15, 0.2) is 0 Å². The van der Waals surface area contributed by atoms with Gasteiger partial charge in [-0.25, -0.2) is 9.97 Å². The molecule has 0 radical (unpaired) electrons. The first-order valence-electron chi connectivity index (χ1n) is 6.22. The summed E-state index contributed by atoms with van der Waals surface area (Å²) < 4.78 is 0. The molecule has 0 amide bonds. The summed E-state index contributed by atoms with van der Waals surface area (Å²) in [5.74, 6) is 0.252. The van der Waals surface area contributed by atoms with Crippen molar-refractivity contribution in [3.05, 3.63) is 60.9 Å². The summed E-state index contributed by atoms with van der Waals surface area (Å²) in [6, 6.07) is 11.8. The number of hydrogen-bond acceptors (Lipinski definition) is 4. The second-order valence-electron chi connectivity index (χ2n) is 4.21. The van der Waals surface area contributed by atoms with Crippen LogP contribution in [0.25, 0.3) is 16.8 Å². The van der Waals surface area contributed by atoms with Gasteiger partial charge in [-0.1, -0.05) is 43.0 Å². The Morgan fingerprint density at radius 2 is 2.00 bits per heavy atom. The zero-order chi connectivity index (χ0) is 14.4. The molecule has 1 aromatic heterocycles. The summed E-state index contributed by atoms with van der Waals surface area (Å²) in [4.78, 5) is 12.6. The second kappa shape index (κ2) is 6.43. The predicted molar refractivity (Wildman–Crippen MR) is 84.2 cm³/mol. The van der Waals surface area contributed by atoms with Crippen molar-refractivity contribution in [1.82, 2.24) is 9.97 Å². The first kappa shape index (κ1) is 13.7. The van der Waals surface area contributed by atoms with E-state index in [1.165, 1.54) is 0 Å². The lowest BCUT2D eigenvalue weighted by atomic mass is 10.1. The molecule has 1 heterocycles. The van der Waals surface area contributed by atoms with E-state index in [0.717, 1.165) is 22.5 Å². The van der Waals surface area contributed by atoms with Gasteiger partial charge in [-0.15, -0.1) is 0 Å². The number of aromatic nitrogens is 2. The SMILES string of the molecule is C=CC=N/C=C(\C)c1cc(-c2ccccc2)nc(N)n1. The summed E-state index contributed by atoms with van der Waals surface area (Å²) in [6.07, 6.45) is 4.96. The number of nitrogens with two attached hydrogens (primary N) is 1. The lowest BCUT2D eigenvalue weighted by Crippen LogP contribution is -2.00. The molecule has 0 fully saturated rings. The third-order valence-corrected chi connectivity index (χ3v) is 2.68. The Morgan fingerprint density at radius 3 is 2.70 bits per heavy atom. The fourth-order valence-corrected chi connectivity index (χ4v) is 1.71. The largest absolute Gasteiger partial charge is 0.368 e. The molecule has 0 aliphatic rings. The fraction of sp³-hybridized carbons (Fsp3) is 0.0625. The van der Waals surface area contributed by atoms with Crippen LogP contribution in [0.4, 0.5) is 5.95 Å². The maximum absolute atomic E-state index is 5.79. The number of nitrogen functional groups attached to an aromatic ring is 1. The third-order valence-electron chi connectivity index (χ3n) is 2.68. The normalized spacial score (nSPS) is 11.8. The maximum atomic E-state index is 5.79. The van der Waals surface area contributed by atoms with Gasteiger partial charge in [0.2, 0.25) is 5.95 Å². The Hall–Kier alpha value is -2.75. The molecule has 0 saturated carbocycles. The first-order chi connectivity index (χ1) is 9.70. The number of benzene rings is 1. The van der Waals surface area contributed by atoms with Crippen LogP contribution in [0.2, 0.25) is 0 Å². The topological polar surface area (TPSA) is 64.2 Å². The monoisotopic (exact) mass is 264 g/mol. The number of nitrogens with zero attached hydrogens (tertiary/aromatic N) is 3. The Morgan fingerprint density at radius 1 is 1.25 bits per heavy atom. The Kier molecular flexibility index (Phi) is 4.39. The van der Waals surface area contributed by atoms with Gasteiger partial charge < -0.3 is 5.73 Å². The van der Waals surface area contributed by atoms with E-state index in [9.17, 15) is 0 Å². The molecule has 2 aromatic rings. The maximum Gasteiger partial charge on any atom is 0.221 e. The second-order valence-corrected chi connectivity index (χ2v) is 4.21. The van der Waals surface area contributed by atoms with Gasteiger partial charge in [0.05, 0.1) is 11.4 Å². The summed E-state index contributed by atoms with van der Waals surface area (Å²) in [6.45, 7) is 5.50. The van der Waals surface area contributed by atoms with Gasteiger partial charge >= 0.3 is 0 Å². The first-order valence-corrected chi connectivity index (χ1v) is 6.22. The molecule has 4 nitrogen and oxygen atoms in total. The molecule has 0 unspecified atom stereocenters. The summed E-state index contributed by atoms with van der Waals surface area (Å²) in [5.41, 5.74) is 9.26. The summed E-state index contributed by atoms with van der Waals surface area (Å²) >= 11 is 0. The van der Waals surface area contributed by atoms with Crippen molar-refractivity contribution in [1.29, 1.82) is 0 Å². The molecule has 0 bridgehead atoms. The van der Waals surface area contributed by atoms with E-state index in [1.54, 1.807) is 18.5 Å². The highest BCUT2D eigenvalue weighted by Crippen LogP contribution is 2.21. The van der Waals surface area contributed by atoms with Crippen LogP contribution < -0.4 is 5.73 Å². The molecule has 0 atom stereocenters. The van der Waals surface area contributed by atoms with Crippen LogP contribution in [0.15, 0.2) is 60.2 Å². The summed E-state index contributed by atoms with van der Waals surface area (Å²) in [7, 11) is 0. The van der Waals surface area contributed by atoms with Crippen molar-refractivity contribution in [2.75, 3.05) is 5.73 Å². The van der Waals surface area contributed by atoms with Crippen LogP contribution in [-0.2, 0) is 0 Å². The molecular formula is C16H16N4. The number of aliphatic imine (C=N–C) groups is 1. The van der Waals surface area contributed by atoms with Crippen LogP contribution in [0.1, 0.15) is 12.6 Å². The molecule has 0 aliphatic carbocycles. The van der Waals surface area contributed by atoms with Gasteiger partial charge in [0.25, 0.3) is 0 Å². The van der Waals surface area contributed by atoms with Crippen LogP contribution in [0.5, 0.6) is 0 Å². The minimum atomic E-state index is 0.252. The zero-order valence-electron chi connectivity index (χ0n) is 11.3. The predicted octanol–water partition coefficient (Wildman–Crippen LogP) is 3.34. The van der Waals surface area contributed by atoms with E-state index in [-0.39, 0.29) is 5.95 Å². The van der Waals surface area contributed by atoms with E-state index in [4.69, 9.17) is 5.73 Å². The van der Waals surface area contributed by atoms with Crippen molar-refractivity contribution in [2.45, 2.75) is 6.92 Å². The lowest BCUT2D eigenvalue weighted by molar-refractivity contribution is 1.16. The highest BCUT2D eigenvalue weighted by molar-refractivity contribution is 5.73. The van der Waals surface area contributed by atoms with Crippen molar-refractivity contribution < 1.29 is 0 Å². The standard InChI is InChI=1S/C16H16N4/c1-3-9-18-11-12(2)14-10-15(20-16(17)19-14)13-7-5-4-6-8-13/h3-11H,1H2,2H3,(H2,17,19,20)/b12-11+,18-9?. The Labute approximate surface area is 118 Å². The Balaban J connectivity index is 2.41. The molecule has 0 spiro atoms. The quantitative estimate of drug-likeness (QED) is 0.861. The van der Waals surface area contributed by atoms with E-state index < -0.39 is 0 Å². The van der Waals surface area contributed by atoms with Crippen molar-refractivity contribution in [2.24, 2.45) is 4.99 Å². The third kappa shape index (κ3) is 3.38. The summed E-state index contributed by atoms with van der Waals surface area (Å²) in [5, 5.41) is 0. The molecule has 2 rings (SSSR count). The molecule has 2 N–H and O–H groups in total. The number of allylic oxidation sites excluding steroid dienone is 2. The van der Waals surface area contributed by atoms with E-state index in [2.05, 4.69) is 21.5 Å².